The van der Waals surface area contributed by atoms with Gasteiger partial charge in [0.25, 0.3) is 0 Å². The van der Waals surface area contributed by atoms with Crippen LogP contribution in [0.4, 0.5) is 5.69 Å². The minimum absolute atomic E-state index is 0.114. The Morgan fingerprint density at radius 3 is 2.58 bits per heavy atom. The summed E-state index contributed by atoms with van der Waals surface area (Å²) in [5.74, 6) is -1.17. The molecule has 0 bridgehead atoms. The molecule has 1 heterocycles. The lowest BCUT2D eigenvalue weighted by molar-refractivity contribution is 0.0692. The summed E-state index contributed by atoms with van der Waals surface area (Å²) in [4.78, 5) is 13.7. The third kappa shape index (κ3) is 3.09. The number of H-pyrrole nitrogens is 1. The number of aryl methyl sites for hydroxylation is 1. The lowest BCUT2D eigenvalue weighted by Crippen LogP contribution is -2.30. The Morgan fingerprint density at radius 1 is 1.37 bits per heavy atom. The van der Waals surface area contributed by atoms with Gasteiger partial charge in [0.2, 0.25) is 10.0 Å². The summed E-state index contributed by atoms with van der Waals surface area (Å²) >= 11 is 0. The van der Waals surface area contributed by atoms with Gasteiger partial charge in [0.15, 0.2) is 0 Å². The normalized spacial score (nSPS) is 17.3. The second-order valence-electron chi connectivity index (χ2n) is 4.95. The smallest absolute Gasteiger partial charge is 0.354 e. The number of hydrogen-bond donors (Lipinski definition) is 3. The Hall–Kier alpha value is -1.50. The van der Waals surface area contributed by atoms with Gasteiger partial charge in [-0.25, -0.2) is 13.2 Å². The van der Waals surface area contributed by atoms with Crippen LogP contribution in [0.15, 0.2) is 6.07 Å². The highest BCUT2D eigenvalue weighted by Crippen LogP contribution is 2.26. The summed E-state index contributed by atoms with van der Waals surface area (Å²) in [6.45, 7) is 1.69. The molecule has 2 rings (SSSR count). The summed E-state index contributed by atoms with van der Waals surface area (Å²) in [5, 5.41) is 8.60. The summed E-state index contributed by atoms with van der Waals surface area (Å²) in [6, 6.07) is 1.50. The Balaban J connectivity index is 2.22. The molecule has 1 saturated carbocycles. The maximum absolute atomic E-state index is 12.2. The molecule has 106 valence electrons. The van der Waals surface area contributed by atoms with Gasteiger partial charge in [-0.3, -0.25) is 4.72 Å². The van der Waals surface area contributed by atoms with Crippen molar-refractivity contribution in [2.75, 3.05) is 4.72 Å². The van der Waals surface area contributed by atoms with E-state index in [9.17, 15) is 13.2 Å². The van der Waals surface area contributed by atoms with E-state index in [1.54, 1.807) is 6.92 Å². The van der Waals surface area contributed by atoms with E-state index in [1.807, 2.05) is 0 Å². The Kier molecular flexibility index (Phi) is 3.84. The highest BCUT2D eigenvalue weighted by atomic mass is 32.2. The molecule has 0 radical (unpaired) electrons. The van der Waals surface area contributed by atoms with Crippen LogP contribution in [0.25, 0.3) is 0 Å². The maximum atomic E-state index is 12.2. The van der Waals surface area contributed by atoms with E-state index in [4.69, 9.17) is 5.11 Å². The van der Waals surface area contributed by atoms with Crippen LogP contribution in [-0.4, -0.2) is 29.7 Å². The second-order valence-corrected chi connectivity index (χ2v) is 6.91. The summed E-state index contributed by atoms with van der Waals surface area (Å²) in [7, 11) is -3.51. The zero-order chi connectivity index (χ0) is 14.0. The number of aromatic carboxylic acids is 1. The molecule has 1 aromatic heterocycles. The van der Waals surface area contributed by atoms with Crippen LogP contribution in [0, 0.1) is 6.92 Å². The first-order chi connectivity index (χ1) is 8.90. The topological polar surface area (TPSA) is 99.3 Å². The van der Waals surface area contributed by atoms with E-state index < -0.39 is 21.2 Å². The highest BCUT2D eigenvalue weighted by molar-refractivity contribution is 7.93. The Morgan fingerprint density at radius 2 is 2.00 bits per heavy atom. The van der Waals surface area contributed by atoms with E-state index >= 15 is 0 Å². The number of hydrogen-bond acceptors (Lipinski definition) is 3. The van der Waals surface area contributed by atoms with E-state index in [-0.39, 0.29) is 11.4 Å². The van der Waals surface area contributed by atoms with Crippen LogP contribution in [0.2, 0.25) is 0 Å². The maximum Gasteiger partial charge on any atom is 0.354 e. The largest absolute Gasteiger partial charge is 0.477 e. The average Bonchev–Trinajstić information content (AvgIpc) is 2.71. The van der Waals surface area contributed by atoms with Crippen molar-refractivity contribution < 1.29 is 18.3 Å². The van der Waals surface area contributed by atoms with Crippen molar-refractivity contribution in [3.05, 3.63) is 17.5 Å². The molecule has 1 fully saturated rings. The van der Waals surface area contributed by atoms with Crippen molar-refractivity contribution in [2.45, 2.75) is 44.3 Å². The first-order valence-electron chi connectivity index (χ1n) is 6.34. The zero-order valence-electron chi connectivity index (χ0n) is 10.8. The van der Waals surface area contributed by atoms with Crippen molar-refractivity contribution in [3.8, 4) is 0 Å². The first kappa shape index (κ1) is 13.9. The van der Waals surface area contributed by atoms with Gasteiger partial charge in [0.1, 0.15) is 5.69 Å². The summed E-state index contributed by atoms with van der Waals surface area (Å²) in [6.07, 6.45) is 4.16. The summed E-state index contributed by atoms with van der Waals surface area (Å²) in [5.41, 5.74) is 0.617. The number of aromatic nitrogens is 1. The van der Waals surface area contributed by atoms with Crippen molar-refractivity contribution in [2.24, 2.45) is 0 Å². The average molecular weight is 286 g/mol. The molecule has 0 spiro atoms. The van der Waals surface area contributed by atoms with Crippen LogP contribution in [0.3, 0.4) is 0 Å². The van der Waals surface area contributed by atoms with Crippen molar-refractivity contribution in [1.82, 2.24) is 4.98 Å². The first-order valence-corrected chi connectivity index (χ1v) is 7.89. The number of carboxylic acid groups (broad SMARTS) is 1. The summed E-state index contributed by atoms with van der Waals surface area (Å²) < 4.78 is 26.9. The van der Waals surface area contributed by atoms with Gasteiger partial charge in [0, 0.05) is 5.69 Å². The van der Waals surface area contributed by atoms with Gasteiger partial charge in [-0.15, -0.1) is 0 Å². The van der Waals surface area contributed by atoms with E-state index in [1.165, 1.54) is 6.07 Å². The standard InChI is InChI=1S/C12H18N2O4S/c1-8-7-10(11(13-8)12(15)16)14-19(17,18)9-5-3-2-4-6-9/h7,9,13-14H,2-6H2,1H3,(H,15,16). The molecule has 1 aliphatic rings. The van der Waals surface area contributed by atoms with Crippen molar-refractivity contribution in [3.63, 3.8) is 0 Å². The molecule has 0 unspecified atom stereocenters. The monoisotopic (exact) mass is 286 g/mol. The number of aromatic amines is 1. The Bertz CT molecular complexity index is 571. The van der Waals surface area contributed by atoms with Crippen LogP contribution in [0.5, 0.6) is 0 Å². The van der Waals surface area contributed by atoms with Crippen LogP contribution in [-0.2, 0) is 10.0 Å². The number of carbonyl (C=O) groups is 1. The van der Waals surface area contributed by atoms with Gasteiger partial charge in [-0.2, -0.15) is 0 Å². The Labute approximate surface area is 112 Å². The molecule has 0 atom stereocenters. The molecule has 0 aliphatic heterocycles. The number of rotatable bonds is 4. The lowest BCUT2D eigenvalue weighted by Gasteiger charge is -2.22. The third-order valence-corrected chi connectivity index (χ3v) is 5.26. The predicted octanol–water partition coefficient (Wildman–Crippen LogP) is 2.10. The molecular weight excluding hydrogens is 268 g/mol. The van der Waals surface area contributed by atoms with Gasteiger partial charge in [-0.1, -0.05) is 19.3 Å². The molecule has 0 aromatic carbocycles. The molecule has 1 aromatic rings. The van der Waals surface area contributed by atoms with E-state index in [0.717, 1.165) is 19.3 Å². The lowest BCUT2D eigenvalue weighted by atomic mass is 10.0. The fraction of sp³-hybridized carbons (Fsp3) is 0.583. The highest BCUT2D eigenvalue weighted by Gasteiger charge is 2.28. The number of nitrogens with one attached hydrogen (secondary N) is 2. The molecule has 7 heteroatoms. The third-order valence-electron chi connectivity index (χ3n) is 3.41. The zero-order valence-corrected chi connectivity index (χ0v) is 11.6. The van der Waals surface area contributed by atoms with E-state index in [2.05, 4.69) is 9.71 Å². The fourth-order valence-electron chi connectivity index (χ4n) is 2.45. The van der Waals surface area contributed by atoms with Crippen molar-refractivity contribution in [1.29, 1.82) is 0 Å². The van der Waals surface area contributed by atoms with Crippen LogP contribution >= 0.6 is 0 Å². The van der Waals surface area contributed by atoms with Gasteiger partial charge in [0.05, 0.1) is 10.9 Å². The molecule has 6 nitrogen and oxygen atoms in total. The fourth-order valence-corrected chi connectivity index (χ4v) is 4.04. The van der Waals surface area contributed by atoms with Gasteiger partial charge < -0.3 is 10.1 Å². The molecule has 19 heavy (non-hydrogen) atoms. The van der Waals surface area contributed by atoms with Crippen LogP contribution < -0.4 is 4.72 Å². The number of carboxylic acids is 1. The quantitative estimate of drug-likeness (QED) is 0.789. The minimum Gasteiger partial charge on any atom is -0.477 e. The molecule has 3 N–H and O–H groups in total. The molecule has 1 aliphatic carbocycles. The molecule has 0 amide bonds. The van der Waals surface area contributed by atoms with Crippen molar-refractivity contribution >= 4 is 21.7 Å². The molecule has 0 saturated heterocycles. The second kappa shape index (κ2) is 5.24. The number of sulfonamides is 1. The minimum atomic E-state index is -3.51. The SMILES string of the molecule is Cc1cc(NS(=O)(=O)C2CCCCC2)c(C(=O)O)[nH]1. The predicted molar refractivity (Wildman–Crippen MR) is 71.9 cm³/mol. The van der Waals surface area contributed by atoms with Crippen LogP contribution in [0.1, 0.15) is 48.3 Å². The van der Waals surface area contributed by atoms with Gasteiger partial charge in [-0.05, 0) is 25.8 Å². The number of anilines is 1. The molecular formula is C12H18N2O4S. The van der Waals surface area contributed by atoms with Gasteiger partial charge >= 0.3 is 5.97 Å². The van der Waals surface area contributed by atoms with E-state index in [0.29, 0.717) is 18.5 Å².